The summed E-state index contributed by atoms with van der Waals surface area (Å²) >= 11 is 0. The summed E-state index contributed by atoms with van der Waals surface area (Å²) in [5.74, 6) is 0.248. The number of carbonyl (C=O) groups is 1. The van der Waals surface area contributed by atoms with Gasteiger partial charge in [0.1, 0.15) is 0 Å². The van der Waals surface area contributed by atoms with Crippen LogP contribution in [-0.4, -0.2) is 54.4 Å². The van der Waals surface area contributed by atoms with Gasteiger partial charge in [0.25, 0.3) is 0 Å². The predicted molar refractivity (Wildman–Crippen MR) is 94.7 cm³/mol. The van der Waals surface area contributed by atoms with Gasteiger partial charge in [-0.1, -0.05) is 6.07 Å². The van der Waals surface area contributed by atoms with Crippen LogP contribution in [0.1, 0.15) is 25.1 Å². The molecule has 2 N–H and O–H groups in total. The molecule has 0 spiro atoms. The smallest absolute Gasteiger partial charge is 0.223 e. The lowest BCUT2D eigenvalue weighted by Crippen LogP contribution is -2.49. The van der Waals surface area contributed by atoms with Crippen molar-refractivity contribution in [1.82, 2.24) is 24.6 Å². The minimum Gasteiger partial charge on any atom is -0.380 e. The third-order valence-electron chi connectivity index (χ3n) is 4.63. The van der Waals surface area contributed by atoms with Crippen molar-refractivity contribution in [3.63, 3.8) is 0 Å². The number of carbonyl (C=O) groups excluding carboxylic acids is 1. The molecular formula is C16H23N5O4S. The van der Waals surface area contributed by atoms with Crippen molar-refractivity contribution in [3.05, 3.63) is 30.2 Å². The number of fused-ring (bicyclic) bond motifs is 1. The van der Waals surface area contributed by atoms with E-state index in [1.807, 2.05) is 28.8 Å². The van der Waals surface area contributed by atoms with Gasteiger partial charge in [-0.25, -0.2) is 13.1 Å². The number of methoxy groups -OCH3 is 1. The van der Waals surface area contributed by atoms with Crippen LogP contribution in [0.25, 0.3) is 5.65 Å². The molecule has 10 heteroatoms. The van der Waals surface area contributed by atoms with E-state index in [0.29, 0.717) is 25.1 Å². The highest BCUT2D eigenvalue weighted by atomic mass is 32.2. The molecule has 3 rings (SSSR count). The molecule has 1 fully saturated rings. The lowest BCUT2D eigenvalue weighted by Gasteiger charge is -2.34. The van der Waals surface area contributed by atoms with E-state index in [2.05, 4.69) is 20.2 Å². The van der Waals surface area contributed by atoms with Gasteiger partial charge in [-0.2, -0.15) is 0 Å². The van der Waals surface area contributed by atoms with Crippen molar-refractivity contribution in [1.29, 1.82) is 0 Å². The molecule has 2 aromatic rings. The molecule has 1 aliphatic carbocycles. The van der Waals surface area contributed by atoms with E-state index < -0.39 is 16.1 Å². The average molecular weight is 381 g/mol. The first kappa shape index (κ1) is 18.7. The summed E-state index contributed by atoms with van der Waals surface area (Å²) < 4.78 is 32.9. The maximum atomic E-state index is 12.5. The van der Waals surface area contributed by atoms with Crippen LogP contribution in [0, 0.1) is 5.92 Å². The fourth-order valence-electron chi connectivity index (χ4n) is 3.38. The number of nitrogens with one attached hydrogen (secondary N) is 2. The van der Waals surface area contributed by atoms with E-state index in [1.165, 1.54) is 0 Å². The number of sulfonamides is 1. The largest absolute Gasteiger partial charge is 0.380 e. The minimum absolute atomic E-state index is 0.118. The molecule has 2 heterocycles. The summed E-state index contributed by atoms with van der Waals surface area (Å²) in [6, 6.07) is 5.17. The molecule has 3 atom stereocenters. The normalized spacial score (nSPS) is 23.8. The van der Waals surface area contributed by atoms with Crippen LogP contribution >= 0.6 is 0 Å². The first-order valence-corrected chi connectivity index (χ1v) is 10.3. The van der Waals surface area contributed by atoms with Crippen molar-refractivity contribution in [3.8, 4) is 0 Å². The summed E-state index contributed by atoms with van der Waals surface area (Å²) in [6.07, 6.45) is 4.39. The second-order valence-corrected chi connectivity index (χ2v) is 8.32. The van der Waals surface area contributed by atoms with Crippen molar-refractivity contribution >= 4 is 21.6 Å². The molecular weight excluding hydrogens is 358 g/mol. The third kappa shape index (κ3) is 4.37. The van der Waals surface area contributed by atoms with Crippen LogP contribution in [0.15, 0.2) is 24.4 Å². The van der Waals surface area contributed by atoms with Crippen LogP contribution in [0.5, 0.6) is 0 Å². The van der Waals surface area contributed by atoms with E-state index in [1.54, 1.807) is 7.11 Å². The molecule has 2 aromatic heterocycles. The minimum atomic E-state index is -3.37. The van der Waals surface area contributed by atoms with Gasteiger partial charge in [0.05, 0.1) is 18.9 Å². The Bertz CT molecular complexity index is 882. The Hall–Kier alpha value is -2.04. The van der Waals surface area contributed by atoms with E-state index in [0.717, 1.165) is 11.9 Å². The van der Waals surface area contributed by atoms with E-state index in [-0.39, 0.29) is 24.5 Å². The molecule has 142 valence electrons. The Balaban J connectivity index is 1.62. The van der Waals surface area contributed by atoms with Gasteiger partial charge in [0.15, 0.2) is 11.5 Å². The van der Waals surface area contributed by atoms with E-state index in [4.69, 9.17) is 4.74 Å². The number of hydrogen-bond acceptors (Lipinski definition) is 6. The molecule has 0 unspecified atom stereocenters. The van der Waals surface area contributed by atoms with Crippen molar-refractivity contribution in [2.75, 3.05) is 13.4 Å². The fraction of sp³-hybridized carbons (Fsp3) is 0.562. The SMILES string of the molecule is CO[C@@H]1CC[C@H](C(=O)NCc2nnc3ccccn23)C[C@H]1NS(C)(=O)=O. The number of pyridine rings is 1. The van der Waals surface area contributed by atoms with Gasteiger partial charge in [0.2, 0.25) is 15.9 Å². The summed E-state index contributed by atoms with van der Waals surface area (Å²) in [4.78, 5) is 12.5. The Kier molecular flexibility index (Phi) is 5.54. The molecule has 9 nitrogen and oxygen atoms in total. The van der Waals surface area contributed by atoms with Crippen LogP contribution in [0.4, 0.5) is 0 Å². The third-order valence-corrected chi connectivity index (χ3v) is 5.36. The fourth-order valence-corrected chi connectivity index (χ4v) is 4.18. The van der Waals surface area contributed by atoms with Gasteiger partial charge >= 0.3 is 0 Å². The number of ether oxygens (including phenoxy) is 1. The highest BCUT2D eigenvalue weighted by Gasteiger charge is 2.35. The molecule has 0 bridgehead atoms. The van der Waals surface area contributed by atoms with Gasteiger partial charge in [-0.15, -0.1) is 10.2 Å². The lowest BCUT2D eigenvalue weighted by atomic mass is 9.83. The Labute approximate surface area is 152 Å². The maximum Gasteiger partial charge on any atom is 0.223 e. The summed E-state index contributed by atoms with van der Waals surface area (Å²) in [5.41, 5.74) is 0.717. The first-order valence-electron chi connectivity index (χ1n) is 8.44. The van der Waals surface area contributed by atoms with Gasteiger partial charge in [-0.05, 0) is 31.4 Å². The number of hydrogen-bond donors (Lipinski definition) is 2. The van der Waals surface area contributed by atoms with Crippen LogP contribution < -0.4 is 10.0 Å². The van der Waals surface area contributed by atoms with Crippen LogP contribution in [-0.2, 0) is 26.1 Å². The number of aromatic nitrogens is 3. The van der Waals surface area contributed by atoms with Crippen LogP contribution in [0.3, 0.4) is 0 Å². The summed E-state index contributed by atoms with van der Waals surface area (Å²) in [5, 5.41) is 11.0. The molecule has 0 radical (unpaired) electrons. The van der Waals surface area contributed by atoms with Gasteiger partial charge in [-0.3, -0.25) is 9.20 Å². The first-order chi connectivity index (χ1) is 12.4. The summed E-state index contributed by atoms with van der Waals surface area (Å²) in [7, 11) is -1.82. The maximum absolute atomic E-state index is 12.5. The zero-order chi connectivity index (χ0) is 18.7. The van der Waals surface area contributed by atoms with E-state index in [9.17, 15) is 13.2 Å². The molecule has 0 aromatic carbocycles. The Morgan fingerprint density at radius 3 is 2.88 bits per heavy atom. The van der Waals surface area contributed by atoms with Crippen molar-refractivity contribution in [2.45, 2.75) is 38.0 Å². The molecule has 1 amide bonds. The number of nitrogens with zero attached hydrogens (tertiary/aromatic N) is 3. The average Bonchev–Trinajstić information content (AvgIpc) is 3.01. The van der Waals surface area contributed by atoms with Crippen LogP contribution in [0.2, 0.25) is 0 Å². The Morgan fingerprint density at radius 2 is 2.15 bits per heavy atom. The molecule has 1 aliphatic rings. The topological polar surface area (TPSA) is 115 Å². The van der Waals surface area contributed by atoms with Gasteiger partial charge in [0, 0.05) is 25.3 Å². The molecule has 0 aliphatic heterocycles. The Morgan fingerprint density at radius 1 is 1.35 bits per heavy atom. The molecule has 26 heavy (non-hydrogen) atoms. The quantitative estimate of drug-likeness (QED) is 0.732. The highest BCUT2D eigenvalue weighted by Crippen LogP contribution is 2.27. The van der Waals surface area contributed by atoms with Crippen molar-refractivity contribution < 1.29 is 17.9 Å². The predicted octanol–water partition coefficient (Wildman–Crippen LogP) is 0.0784. The second kappa shape index (κ2) is 7.68. The number of amides is 1. The molecule has 1 saturated carbocycles. The summed E-state index contributed by atoms with van der Waals surface area (Å²) in [6.45, 7) is 0.262. The number of rotatable bonds is 6. The zero-order valence-electron chi connectivity index (χ0n) is 14.8. The van der Waals surface area contributed by atoms with Crippen molar-refractivity contribution in [2.24, 2.45) is 5.92 Å². The van der Waals surface area contributed by atoms with Gasteiger partial charge < -0.3 is 10.1 Å². The lowest BCUT2D eigenvalue weighted by molar-refractivity contribution is -0.127. The standard InChI is InChI=1S/C16H23N5O4S/c1-25-13-7-6-11(9-12(13)20-26(2,23)24)16(22)17-10-15-19-18-14-5-3-4-8-21(14)15/h3-5,8,11-13,20H,6-7,9-10H2,1-2H3,(H,17,22)/t11-,12+,13+/m0/s1. The zero-order valence-corrected chi connectivity index (χ0v) is 15.6. The highest BCUT2D eigenvalue weighted by molar-refractivity contribution is 7.88. The molecule has 0 saturated heterocycles. The monoisotopic (exact) mass is 381 g/mol. The second-order valence-electron chi connectivity index (χ2n) is 6.54. The van der Waals surface area contributed by atoms with E-state index >= 15 is 0 Å².